The van der Waals surface area contributed by atoms with Gasteiger partial charge < -0.3 is 5.73 Å². The molecule has 0 saturated heterocycles. The molecule has 1 amide bonds. The van der Waals surface area contributed by atoms with Crippen LogP contribution in [-0.4, -0.2) is 11.2 Å². The highest BCUT2D eigenvalue weighted by atomic mass is 32.1. The van der Waals surface area contributed by atoms with Gasteiger partial charge in [-0.3, -0.25) is 4.79 Å². The van der Waals surface area contributed by atoms with Crippen LogP contribution in [0.25, 0.3) is 0 Å². The maximum absolute atomic E-state index is 10.7. The number of nitrogens with two attached hydrogens (primary N) is 1. The van der Waals surface area contributed by atoms with Crippen LogP contribution in [0.15, 0.2) is 12.2 Å². The van der Waals surface area contributed by atoms with Gasteiger partial charge in [-0.1, -0.05) is 45.6 Å². The van der Waals surface area contributed by atoms with Crippen LogP contribution in [0.5, 0.6) is 0 Å². The zero-order valence-electron chi connectivity index (χ0n) is 8.96. The molecule has 0 saturated carbocycles. The molecular weight excluding hydrogens is 194 g/mol. The number of carbonyl (C=O) groups excluding carboxylic acids is 1. The Kier molecular flexibility index (Phi) is 7.67. The highest BCUT2D eigenvalue weighted by Gasteiger charge is 2.11. The first kappa shape index (κ1) is 13.6. The van der Waals surface area contributed by atoms with Crippen LogP contribution in [0.1, 0.15) is 45.4 Å². The minimum absolute atomic E-state index is 0.0610. The molecule has 3 heteroatoms. The molecule has 0 aromatic heterocycles. The van der Waals surface area contributed by atoms with E-state index >= 15 is 0 Å². The number of primary amides is 1. The SMILES string of the molecule is C=C(C(N)=O)C(S)CCCCCCC. The van der Waals surface area contributed by atoms with E-state index in [2.05, 4.69) is 26.1 Å². The fourth-order valence-corrected chi connectivity index (χ4v) is 1.59. The predicted molar refractivity (Wildman–Crippen MR) is 64.5 cm³/mol. The Bertz CT molecular complexity index is 192. The molecule has 0 heterocycles. The third kappa shape index (κ3) is 6.08. The Hall–Kier alpha value is -0.440. The van der Waals surface area contributed by atoms with Crippen LogP contribution >= 0.6 is 12.6 Å². The standard InChI is InChI=1S/C11H21NOS/c1-3-4-5-6-7-8-10(14)9(2)11(12)13/h10,14H,2-8H2,1H3,(H2,12,13). The maximum atomic E-state index is 10.7. The van der Waals surface area contributed by atoms with Crippen molar-refractivity contribution in [1.82, 2.24) is 0 Å². The van der Waals surface area contributed by atoms with Gasteiger partial charge in [-0.05, 0) is 6.42 Å². The third-order valence-corrected chi connectivity index (χ3v) is 2.87. The largest absolute Gasteiger partial charge is 0.366 e. The third-order valence-electron chi connectivity index (χ3n) is 2.30. The monoisotopic (exact) mass is 215 g/mol. The second kappa shape index (κ2) is 7.92. The summed E-state index contributed by atoms with van der Waals surface area (Å²) in [4.78, 5) is 10.7. The second-order valence-electron chi connectivity index (χ2n) is 3.61. The van der Waals surface area contributed by atoms with Crippen molar-refractivity contribution in [3.63, 3.8) is 0 Å². The molecule has 2 N–H and O–H groups in total. The fourth-order valence-electron chi connectivity index (χ4n) is 1.28. The van der Waals surface area contributed by atoms with Gasteiger partial charge in [0.25, 0.3) is 0 Å². The van der Waals surface area contributed by atoms with Gasteiger partial charge in [-0.2, -0.15) is 12.6 Å². The van der Waals surface area contributed by atoms with Crippen LogP contribution in [-0.2, 0) is 4.79 Å². The van der Waals surface area contributed by atoms with Crippen LogP contribution in [0.4, 0.5) is 0 Å². The Balaban J connectivity index is 3.49. The smallest absolute Gasteiger partial charge is 0.245 e. The number of hydrogen-bond acceptors (Lipinski definition) is 2. The van der Waals surface area contributed by atoms with Crippen molar-refractivity contribution in [3.8, 4) is 0 Å². The molecule has 0 radical (unpaired) electrons. The van der Waals surface area contributed by atoms with Gasteiger partial charge in [0.1, 0.15) is 0 Å². The van der Waals surface area contributed by atoms with Gasteiger partial charge in [-0.15, -0.1) is 0 Å². The van der Waals surface area contributed by atoms with Gasteiger partial charge in [-0.25, -0.2) is 0 Å². The Labute approximate surface area is 92.4 Å². The van der Waals surface area contributed by atoms with E-state index in [0.29, 0.717) is 5.57 Å². The zero-order valence-corrected chi connectivity index (χ0v) is 9.85. The van der Waals surface area contributed by atoms with E-state index in [9.17, 15) is 4.79 Å². The molecule has 0 aliphatic heterocycles. The first-order valence-electron chi connectivity index (χ1n) is 5.26. The van der Waals surface area contributed by atoms with Gasteiger partial charge in [0.05, 0.1) is 0 Å². The summed E-state index contributed by atoms with van der Waals surface area (Å²) in [5.74, 6) is -0.432. The van der Waals surface area contributed by atoms with Gasteiger partial charge >= 0.3 is 0 Å². The summed E-state index contributed by atoms with van der Waals surface area (Å²) in [6.07, 6.45) is 7.00. The average molecular weight is 215 g/mol. The lowest BCUT2D eigenvalue weighted by atomic mass is 10.1. The summed E-state index contributed by atoms with van der Waals surface area (Å²) in [6, 6.07) is 0. The Morgan fingerprint density at radius 1 is 1.36 bits per heavy atom. The zero-order chi connectivity index (χ0) is 11.0. The molecule has 0 fully saturated rings. The summed E-state index contributed by atoms with van der Waals surface area (Å²) in [6.45, 7) is 5.81. The van der Waals surface area contributed by atoms with Crippen molar-refractivity contribution < 1.29 is 4.79 Å². The lowest BCUT2D eigenvalue weighted by Crippen LogP contribution is -2.20. The second-order valence-corrected chi connectivity index (χ2v) is 4.23. The Morgan fingerprint density at radius 3 is 2.43 bits per heavy atom. The minimum atomic E-state index is -0.432. The van der Waals surface area contributed by atoms with Crippen molar-refractivity contribution in [2.24, 2.45) is 5.73 Å². The quantitative estimate of drug-likeness (QED) is 0.365. The number of rotatable bonds is 8. The topological polar surface area (TPSA) is 43.1 Å². The van der Waals surface area contributed by atoms with Crippen LogP contribution in [0.3, 0.4) is 0 Å². The molecule has 1 atom stereocenters. The summed E-state index contributed by atoms with van der Waals surface area (Å²) in [5.41, 5.74) is 5.54. The summed E-state index contributed by atoms with van der Waals surface area (Å²) < 4.78 is 0. The van der Waals surface area contributed by atoms with Gasteiger partial charge in [0.15, 0.2) is 0 Å². The highest BCUT2D eigenvalue weighted by molar-refractivity contribution is 7.81. The van der Waals surface area contributed by atoms with E-state index in [0.717, 1.165) is 12.8 Å². The predicted octanol–water partition coefficient (Wildman–Crippen LogP) is 2.69. The molecule has 1 unspecified atom stereocenters. The van der Waals surface area contributed by atoms with Gasteiger partial charge in [0.2, 0.25) is 5.91 Å². The first-order chi connectivity index (χ1) is 6.59. The number of unbranched alkanes of at least 4 members (excludes halogenated alkanes) is 4. The number of hydrogen-bond donors (Lipinski definition) is 2. The lowest BCUT2D eigenvalue weighted by molar-refractivity contribution is -0.114. The first-order valence-corrected chi connectivity index (χ1v) is 5.77. The van der Waals surface area contributed by atoms with E-state index in [4.69, 9.17) is 5.73 Å². The van der Waals surface area contributed by atoms with E-state index in [-0.39, 0.29) is 5.25 Å². The summed E-state index contributed by atoms with van der Waals surface area (Å²) in [7, 11) is 0. The van der Waals surface area contributed by atoms with Crippen molar-refractivity contribution in [3.05, 3.63) is 12.2 Å². The molecule has 0 bridgehead atoms. The number of thiol groups is 1. The van der Waals surface area contributed by atoms with Crippen molar-refractivity contribution in [2.45, 2.75) is 50.7 Å². The van der Waals surface area contributed by atoms with Crippen molar-refractivity contribution in [1.29, 1.82) is 0 Å². The molecular formula is C11H21NOS. The van der Waals surface area contributed by atoms with Crippen LogP contribution < -0.4 is 5.73 Å². The highest BCUT2D eigenvalue weighted by Crippen LogP contribution is 2.16. The summed E-state index contributed by atoms with van der Waals surface area (Å²) in [5, 5.41) is -0.0610. The fraction of sp³-hybridized carbons (Fsp3) is 0.727. The van der Waals surface area contributed by atoms with E-state index < -0.39 is 5.91 Å². The molecule has 0 rings (SSSR count). The van der Waals surface area contributed by atoms with Gasteiger partial charge in [0, 0.05) is 10.8 Å². The normalized spacial score (nSPS) is 12.4. The van der Waals surface area contributed by atoms with Crippen molar-refractivity contribution >= 4 is 18.5 Å². The molecule has 0 aliphatic carbocycles. The number of carbonyl (C=O) groups is 1. The molecule has 0 aromatic carbocycles. The van der Waals surface area contributed by atoms with Crippen LogP contribution in [0, 0.1) is 0 Å². The maximum Gasteiger partial charge on any atom is 0.245 e. The molecule has 0 aromatic rings. The molecule has 82 valence electrons. The van der Waals surface area contributed by atoms with E-state index in [1.165, 1.54) is 25.7 Å². The Morgan fingerprint density at radius 2 is 1.93 bits per heavy atom. The van der Waals surface area contributed by atoms with E-state index in [1.54, 1.807) is 0 Å². The van der Waals surface area contributed by atoms with Crippen LogP contribution in [0.2, 0.25) is 0 Å². The molecule has 2 nitrogen and oxygen atoms in total. The van der Waals surface area contributed by atoms with E-state index in [1.807, 2.05) is 0 Å². The average Bonchev–Trinajstić information content (AvgIpc) is 2.16. The minimum Gasteiger partial charge on any atom is -0.366 e. The molecule has 14 heavy (non-hydrogen) atoms. The van der Waals surface area contributed by atoms with Crippen molar-refractivity contribution in [2.75, 3.05) is 0 Å². The molecule has 0 aliphatic rings. The lowest BCUT2D eigenvalue weighted by Gasteiger charge is -2.10. The molecule has 0 spiro atoms. The number of amides is 1. The summed E-state index contributed by atoms with van der Waals surface area (Å²) >= 11 is 4.29.